The molecule has 5 nitrogen and oxygen atoms in total. The number of hydrogen-bond acceptors (Lipinski definition) is 4. The summed E-state index contributed by atoms with van der Waals surface area (Å²) in [6, 6.07) is 1.99. The molecule has 1 aromatic rings. The largest absolute Gasteiger partial charge is 0.466 e. The van der Waals surface area contributed by atoms with Crippen molar-refractivity contribution in [3.8, 4) is 0 Å². The zero-order valence-electron chi connectivity index (χ0n) is 8.65. The summed E-state index contributed by atoms with van der Waals surface area (Å²) in [7, 11) is 1.18. The Bertz CT molecular complexity index is 501. The van der Waals surface area contributed by atoms with Gasteiger partial charge in [-0.05, 0) is 28.1 Å². The Hall–Kier alpha value is -1.76. The van der Waals surface area contributed by atoms with Crippen molar-refractivity contribution in [3.05, 3.63) is 44.2 Å². The van der Waals surface area contributed by atoms with Gasteiger partial charge in [0.1, 0.15) is 5.82 Å². The first-order chi connectivity index (χ1) is 7.95. The molecule has 0 aliphatic carbocycles. The van der Waals surface area contributed by atoms with Crippen molar-refractivity contribution in [3.63, 3.8) is 0 Å². The van der Waals surface area contributed by atoms with Crippen LogP contribution in [0.15, 0.2) is 22.7 Å². The Morgan fingerprint density at radius 2 is 2.24 bits per heavy atom. The van der Waals surface area contributed by atoms with Crippen molar-refractivity contribution in [2.45, 2.75) is 0 Å². The third-order valence-electron chi connectivity index (χ3n) is 1.87. The van der Waals surface area contributed by atoms with E-state index in [1.807, 2.05) is 0 Å². The highest BCUT2D eigenvalue weighted by molar-refractivity contribution is 9.10. The van der Waals surface area contributed by atoms with E-state index in [9.17, 15) is 19.3 Å². The van der Waals surface area contributed by atoms with E-state index < -0.39 is 22.4 Å². The van der Waals surface area contributed by atoms with Gasteiger partial charge in [-0.2, -0.15) is 0 Å². The van der Waals surface area contributed by atoms with Gasteiger partial charge in [-0.25, -0.2) is 9.18 Å². The lowest BCUT2D eigenvalue weighted by atomic mass is 10.1. The minimum atomic E-state index is -0.744. The van der Waals surface area contributed by atoms with Crippen LogP contribution in [-0.2, 0) is 9.53 Å². The highest BCUT2D eigenvalue weighted by atomic mass is 79.9. The zero-order valence-corrected chi connectivity index (χ0v) is 10.2. The molecule has 1 rings (SSSR count). The average Bonchev–Trinajstić information content (AvgIpc) is 2.29. The van der Waals surface area contributed by atoms with Crippen molar-refractivity contribution < 1.29 is 18.8 Å². The van der Waals surface area contributed by atoms with Gasteiger partial charge in [0.05, 0.1) is 28.1 Å². The molecule has 0 atom stereocenters. The number of methoxy groups -OCH3 is 1. The molecule has 90 valence electrons. The monoisotopic (exact) mass is 303 g/mol. The van der Waals surface area contributed by atoms with Gasteiger partial charge in [0.2, 0.25) is 0 Å². The molecular weight excluding hydrogens is 297 g/mol. The van der Waals surface area contributed by atoms with E-state index >= 15 is 0 Å². The molecule has 0 radical (unpaired) electrons. The summed E-state index contributed by atoms with van der Waals surface area (Å²) in [6.07, 6.45) is 2.21. The Labute approximate surface area is 104 Å². The fourth-order valence-corrected chi connectivity index (χ4v) is 1.43. The van der Waals surface area contributed by atoms with Gasteiger partial charge in [-0.15, -0.1) is 0 Å². The smallest absolute Gasteiger partial charge is 0.330 e. The predicted molar refractivity (Wildman–Crippen MR) is 61.8 cm³/mol. The van der Waals surface area contributed by atoms with Crippen molar-refractivity contribution in [2.24, 2.45) is 0 Å². The van der Waals surface area contributed by atoms with Gasteiger partial charge in [0, 0.05) is 6.08 Å². The maximum atomic E-state index is 13.1. The number of halogens is 2. The minimum Gasteiger partial charge on any atom is -0.466 e. The van der Waals surface area contributed by atoms with E-state index in [0.717, 1.165) is 12.1 Å². The lowest BCUT2D eigenvalue weighted by Crippen LogP contribution is -1.96. The molecule has 7 heteroatoms. The van der Waals surface area contributed by atoms with Crippen LogP contribution in [0.1, 0.15) is 5.56 Å². The highest BCUT2D eigenvalue weighted by Gasteiger charge is 2.15. The molecule has 0 aromatic heterocycles. The third kappa shape index (κ3) is 3.35. The molecular formula is C10H7BrFNO4. The summed E-state index contributed by atoms with van der Waals surface area (Å²) < 4.78 is 17.5. The summed E-state index contributed by atoms with van der Waals surface area (Å²) in [5.74, 6) is -1.40. The molecule has 0 unspecified atom stereocenters. The first-order valence-electron chi connectivity index (χ1n) is 4.35. The van der Waals surface area contributed by atoms with Gasteiger partial charge in [-0.1, -0.05) is 0 Å². The van der Waals surface area contributed by atoms with Crippen molar-refractivity contribution >= 4 is 33.7 Å². The van der Waals surface area contributed by atoms with Crippen LogP contribution < -0.4 is 0 Å². The number of benzene rings is 1. The molecule has 0 amide bonds. The van der Waals surface area contributed by atoms with E-state index in [1.54, 1.807) is 0 Å². The lowest BCUT2D eigenvalue weighted by Gasteiger charge is -2.00. The molecule has 0 aliphatic heterocycles. The number of carbonyl (C=O) groups excluding carboxylic acids is 1. The molecule has 17 heavy (non-hydrogen) atoms. The van der Waals surface area contributed by atoms with Crippen LogP contribution in [-0.4, -0.2) is 18.0 Å². The van der Waals surface area contributed by atoms with Gasteiger partial charge in [0.15, 0.2) is 0 Å². The van der Waals surface area contributed by atoms with E-state index in [1.165, 1.54) is 19.3 Å². The van der Waals surface area contributed by atoms with Crippen LogP contribution in [0.4, 0.5) is 10.1 Å². The Balaban J connectivity index is 3.22. The average molecular weight is 304 g/mol. The fraction of sp³-hybridized carbons (Fsp3) is 0.100. The molecule has 0 spiro atoms. The SMILES string of the molecule is COC(=O)/C=C\c1cc(Br)c(F)cc1[N+](=O)[O-]. The molecule has 0 heterocycles. The second kappa shape index (κ2) is 5.53. The number of nitro groups is 1. The van der Waals surface area contributed by atoms with Gasteiger partial charge < -0.3 is 4.74 Å². The summed E-state index contributed by atoms with van der Waals surface area (Å²) in [4.78, 5) is 20.8. The highest BCUT2D eigenvalue weighted by Crippen LogP contribution is 2.27. The molecule has 0 saturated heterocycles. The number of esters is 1. The third-order valence-corrected chi connectivity index (χ3v) is 2.47. The summed E-state index contributed by atoms with van der Waals surface area (Å²) in [5.41, 5.74) is -0.320. The number of nitrogens with zero attached hydrogens (tertiary/aromatic N) is 1. The number of rotatable bonds is 3. The topological polar surface area (TPSA) is 69.4 Å². The second-order valence-corrected chi connectivity index (χ2v) is 3.79. The van der Waals surface area contributed by atoms with E-state index in [-0.39, 0.29) is 10.0 Å². The van der Waals surface area contributed by atoms with Crippen molar-refractivity contribution in [2.75, 3.05) is 7.11 Å². The summed E-state index contributed by atoms with van der Waals surface area (Å²) in [5, 5.41) is 10.7. The number of ether oxygens (including phenoxy) is 1. The van der Waals surface area contributed by atoms with E-state index in [2.05, 4.69) is 20.7 Å². The molecule has 0 bridgehead atoms. The molecule has 0 fully saturated rings. The van der Waals surface area contributed by atoms with Crippen molar-refractivity contribution in [1.82, 2.24) is 0 Å². The minimum absolute atomic E-state index is 0.0765. The number of nitro benzene ring substituents is 1. The first kappa shape index (κ1) is 13.3. The summed E-state index contributed by atoms with van der Waals surface area (Å²) >= 11 is 2.91. The quantitative estimate of drug-likeness (QED) is 0.372. The molecule has 0 N–H and O–H groups in total. The maximum absolute atomic E-state index is 13.1. The van der Waals surface area contributed by atoms with Crippen LogP contribution >= 0.6 is 15.9 Å². The first-order valence-corrected chi connectivity index (χ1v) is 5.14. The molecule has 1 aromatic carbocycles. The second-order valence-electron chi connectivity index (χ2n) is 2.94. The predicted octanol–water partition coefficient (Wildman–Crippen LogP) is 2.68. The van der Waals surface area contributed by atoms with Gasteiger partial charge in [-0.3, -0.25) is 10.1 Å². The van der Waals surface area contributed by atoms with Crippen LogP contribution in [0.25, 0.3) is 6.08 Å². The van der Waals surface area contributed by atoms with Crippen LogP contribution in [0.3, 0.4) is 0 Å². The van der Waals surface area contributed by atoms with Crippen LogP contribution in [0.5, 0.6) is 0 Å². The summed E-state index contributed by atoms with van der Waals surface area (Å²) in [6.45, 7) is 0. The van der Waals surface area contributed by atoms with E-state index in [4.69, 9.17) is 0 Å². The Morgan fingerprint density at radius 3 is 2.76 bits per heavy atom. The Morgan fingerprint density at radius 1 is 1.59 bits per heavy atom. The zero-order chi connectivity index (χ0) is 13.0. The maximum Gasteiger partial charge on any atom is 0.330 e. The molecule has 0 aliphatic rings. The lowest BCUT2D eigenvalue weighted by molar-refractivity contribution is -0.385. The van der Waals surface area contributed by atoms with Gasteiger partial charge in [0.25, 0.3) is 5.69 Å². The Kier molecular flexibility index (Phi) is 4.33. The molecule has 0 saturated carbocycles. The van der Waals surface area contributed by atoms with Crippen LogP contribution in [0.2, 0.25) is 0 Å². The van der Waals surface area contributed by atoms with Crippen molar-refractivity contribution in [1.29, 1.82) is 0 Å². The van der Waals surface area contributed by atoms with Crippen LogP contribution in [0, 0.1) is 15.9 Å². The van der Waals surface area contributed by atoms with Gasteiger partial charge >= 0.3 is 5.97 Å². The number of carbonyl (C=O) groups is 1. The number of hydrogen-bond donors (Lipinski definition) is 0. The van der Waals surface area contributed by atoms with E-state index in [0.29, 0.717) is 0 Å². The standard InChI is InChI=1S/C10H7BrFNO4/c1-17-10(14)3-2-6-4-7(11)8(12)5-9(6)13(15)16/h2-5H,1H3/b3-2-. The fourth-order valence-electron chi connectivity index (χ4n) is 1.07. The normalized spacial score (nSPS) is 10.5.